The molecule has 0 aliphatic heterocycles. The van der Waals surface area contributed by atoms with Crippen molar-refractivity contribution in [2.75, 3.05) is 9.62 Å². The van der Waals surface area contributed by atoms with E-state index in [1.54, 1.807) is 72.8 Å². The van der Waals surface area contributed by atoms with Crippen molar-refractivity contribution in [2.24, 2.45) is 0 Å². The van der Waals surface area contributed by atoms with Gasteiger partial charge in [0.2, 0.25) is 0 Å². The molecule has 0 aromatic heterocycles. The third-order valence-electron chi connectivity index (χ3n) is 6.03. The van der Waals surface area contributed by atoms with E-state index in [9.17, 15) is 13.2 Å². The van der Waals surface area contributed by atoms with Crippen LogP contribution in [0.2, 0.25) is 5.02 Å². The Bertz CT molecular complexity index is 1480. The van der Waals surface area contributed by atoms with Crippen molar-refractivity contribution in [1.29, 1.82) is 0 Å². The van der Waals surface area contributed by atoms with Crippen molar-refractivity contribution in [3.05, 3.63) is 124 Å². The molecule has 5 nitrogen and oxygen atoms in total. The first-order valence-corrected chi connectivity index (χ1v) is 13.3. The van der Waals surface area contributed by atoms with Gasteiger partial charge in [-0.05, 0) is 79.4 Å². The second-order valence-electron chi connectivity index (χ2n) is 8.67. The number of aryl methyl sites for hydroxylation is 3. The van der Waals surface area contributed by atoms with Crippen LogP contribution >= 0.6 is 11.6 Å². The maximum atomic E-state index is 13.7. The van der Waals surface area contributed by atoms with E-state index in [2.05, 4.69) is 5.32 Å². The van der Waals surface area contributed by atoms with Crippen LogP contribution in [0.3, 0.4) is 0 Å². The number of hydrogen-bond donors (Lipinski definition) is 1. The zero-order valence-corrected chi connectivity index (χ0v) is 21.9. The number of rotatable bonds is 7. The van der Waals surface area contributed by atoms with E-state index in [1.165, 1.54) is 4.31 Å². The molecule has 0 saturated carbocycles. The van der Waals surface area contributed by atoms with Crippen LogP contribution < -0.4 is 9.62 Å². The van der Waals surface area contributed by atoms with E-state index < -0.39 is 10.0 Å². The standard InChI is InChI=1S/C29H27ClN2O3S/c1-20-12-17-25(30)18-27(20)32(36(34,35)26-10-5-4-6-11-26)19-23-13-15-24(16-14-23)29(33)31-28-21(2)8-7-9-22(28)3/h4-18H,19H2,1-3H3,(H,31,33). The highest BCUT2D eigenvalue weighted by Crippen LogP contribution is 2.31. The van der Waals surface area contributed by atoms with Gasteiger partial charge in [-0.2, -0.15) is 0 Å². The second-order valence-corrected chi connectivity index (χ2v) is 11.0. The molecule has 1 N–H and O–H groups in total. The molecule has 4 aromatic rings. The van der Waals surface area contributed by atoms with Gasteiger partial charge in [0.25, 0.3) is 15.9 Å². The maximum absolute atomic E-state index is 13.7. The monoisotopic (exact) mass is 518 g/mol. The lowest BCUT2D eigenvalue weighted by atomic mass is 10.1. The fourth-order valence-electron chi connectivity index (χ4n) is 4.00. The minimum Gasteiger partial charge on any atom is -0.322 e. The lowest BCUT2D eigenvalue weighted by molar-refractivity contribution is 0.102. The first-order chi connectivity index (χ1) is 17.2. The van der Waals surface area contributed by atoms with Crippen LogP contribution in [0.4, 0.5) is 11.4 Å². The molecule has 0 unspecified atom stereocenters. The van der Waals surface area contributed by atoms with Crippen LogP contribution in [0.1, 0.15) is 32.6 Å². The van der Waals surface area contributed by atoms with E-state index in [-0.39, 0.29) is 17.3 Å². The number of amides is 1. The molecule has 0 fully saturated rings. The summed E-state index contributed by atoms with van der Waals surface area (Å²) in [5.74, 6) is -0.224. The van der Waals surface area contributed by atoms with Crippen molar-refractivity contribution in [3.8, 4) is 0 Å². The maximum Gasteiger partial charge on any atom is 0.264 e. The van der Waals surface area contributed by atoms with Crippen LogP contribution in [-0.4, -0.2) is 14.3 Å². The molecule has 7 heteroatoms. The van der Waals surface area contributed by atoms with Gasteiger partial charge in [-0.1, -0.05) is 66.2 Å². The number of benzene rings is 4. The first kappa shape index (κ1) is 25.5. The molecule has 0 radical (unpaired) electrons. The number of sulfonamides is 1. The van der Waals surface area contributed by atoms with E-state index in [1.807, 2.05) is 39.0 Å². The number of nitrogens with zero attached hydrogens (tertiary/aromatic N) is 1. The van der Waals surface area contributed by atoms with Gasteiger partial charge in [0.05, 0.1) is 17.1 Å². The average molecular weight is 519 g/mol. The molecular formula is C29H27ClN2O3S. The number of halogens is 1. The predicted octanol–water partition coefficient (Wildman–Crippen LogP) is 6.91. The summed E-state index contributed by atoms with van der Waals surface area (Å²) in [4.78, 5) is 13.1. The minimum atomic E-state index is -3.87. The van der Waals surface area contributed by atoms with Gasteiger partial charge in [0.15, 0.2) is 0 Å². The zero-order chi connectivity index (χ0) is 25.9. The van der Waals surface area contributed by atoms with Gasteiger partial charge in [-0.25, -0.2) is 8.42 Å². The van der Waals surface area contributed by atoms with E-state index in [0.29, 0.717) is 16.3 Å². The van der Waals surface area contributed by atoms with Gasteiger partial charge in [0.1, 0.15) is 0 Å². The largest absolute Gasteiger partial charge is 0.322 e. The van der Waals surface area contributed by atoms with Crippen LogP contribution in [0, 0.1) is 20.8 Å². The van der Waals surface area contributed by atoms with Gasteiger partial charge < -0.3 is 5.32 Å². The summed E-state index contributed by atoms with van der Waals surface area (Å²) in [6.45, 7) is 5.83. The Labute approximate surface area is 217 Å². The summed E-state index contributed by atoms with van der Waals surface area (Å²) in [5, 5.41) is 3.43. The SMILES string of the molecule is Cc1ccc(Cl)cc1N(Cc1ccc(C(=O)Nc2c(C)cccc2C)cc1)S(=O)(=O)c1ccccc1. The summed E-state index contributed by atoms with van der Waals surface area (Å²) in [7, 11) is -3.87. The number of carbonyl (C=O) groups is 1. The molecule has 0 saturated heterocycles. The smallest absolute Gasteiger partial charge is 0.264 e. The highest BCUT2D eigenvalue weighted by Gasteiger charge is 2.26. The molecule has 36 heavy (non-hydrogen) atoms. The molecule has 0 bridgehead atoms. The molecule has 184 valence electrons. The van der Waals surface area contributed by atoms with E-state index >= 15 is 0 Å². The summed E-state index contributed by atoms with van der Waals surface area (Å²) >= 11 is 6.24. The molecular weight excluding hydrogens is 492 g/mol. The lowest BCUT2D eigenvalue weighted by Gasteiger charge is -2.26. The summed E-state index contributed by atoms with van der Waals surface area (Å²) in [6, 6.07) is 26.3. The quantitative estimate of drug-likeness (QED) is 0.289. The van der Waals surface area contributed by atoms with Gasteiger partial charge in [0, 0.05) is 16.3 Å². The Morgan fingerprint density at radius 3 is 2.08 bits per heavy atom. The highest BCUT2D eigenvalue weighted by molar-refractivity contribution is 7.92. The third kappa shape index (κ3) is 5.45. The Balaban J connectivity index is 1.64. The fourth-order valence-corrected chi connectivity index (χ4v) is 5.69. The molecule has 0 heterocycles. The number of nitrogens with one attached hydrogen (secondary N) is 1. The van der Waals surface area contributed by atoms with Crippen molar-refractivity contribution >= 4 is 38.9 Å². The predicted molar refractivity (Wildman–Crippen MR) is 146 cm³/mol. The number of anilines is 2. The molecule has 4 rings (SSSR count). The molecule has 0 spiro atoms. The third-order valence-corrected chi connectivity index (χ3v) is 8.04. The first-order valence-electron chi connectivity index (χ1n) is 11.5. The van der Waals surface area contributed by atoms with Gasteiger partial charge in [-0.3, -0.25) is 9.10 Å². The molecule has 0 atom stereocenters. The van der Waals surface area contributed by atoms with Crippen LogP contribution in [0.25, 0.3) is 0 Å². The van der Waals surface area contributed by atoms with Crippen molar-refractivity contribution in [2.45, 2.75) is 32.2 Å². The van der Waals surface area contributed by atoms with E-state index in [0.717, 1.165) is 27.9 Å². The van der Waals surface area contributed by atoms with Gasteiger partial charge >= 0.3 is 0 Å². The molecule has 1 amide bonds. The number of hydrogen-bond acceptors (Lipinski definition) is 3. The topological polar surface area (TPSA) is 66.5 Å². The summed E-state index contributed by atoms with van der Waals surface area (Å²) in [6.07, 6.45) is 0. The Morgan fingerprint density at radius 2 is 1.44 bits per heavy atom. The summed E-state index contributed by atoms with van der Waals surface area (Å²) < 4.78 is 28.7. The Kier molecular flexibility index (Phi) is 7.48. The average Bonchev–Trinajstić information content (AvgIpc) is 2.87. The van der Waals surface area contributed by atoms with E-state index in [4.69, 9.17) is 11.6 Å². The van der Waals surface area contributed by atoms with Crippen LogP contribution in [0.5, 0.6) is 0 Å². The zero-order valence-electron chi connectivity index (χ0n) is 20.3. The highest BCUT2D eigenvalue weighted by atomic mass is 35.5. The molecule has 0 aliphatic carbocycles. The number of para-hydroxylation sites is 1. The second kappa shape index (κ2) is 10.6. The van der Waals surface area contributed by atoms with Crippen molar-refractivity contribution in [3.63, 3.8) is 0 Å². The van der Waals surface area contributed by atoms with Crippen molar-refractivity contribution < 1.29 is 13.2 Å². The van der Waals surface area contributed by atoms with Crippen molar-refractivity contribution in [1.82, 2.24) is 0 Å². The van der Waals surface area contributed by atoms with Crippen LogP contribution in [0.15, 0.2) is 95.9 Å². The van der Waals surface area contributed by atoms with Crippen LogP contribution in [-0.2, 0) is 16.6 Å². The normalized spacial score (nSPS) is 11.2. The summed E-state index contributed by atoms with van der Waals surface area (Å²) in [5.41, 5.74) is 5.27. The molecule has 0 aliphatic rings. The Hall–Kier alpha value is -3.61. The fraction of sp³-hybridized carbons (Fsp3) is 0.138. The number of carbonyl (C=O) groups excluding carboxylic acids is 1. The Morgan fingerprint density at radius 1 is 0.806 bits per heavy atom. The van der Waals surface area contributed by atoms with Gasteiger partial charge in [-0.15, -0.1) is 0 Å². The lowest BCUT2D eigenvalue weighted by Crippen LogP contribution is -2.31. The minimum absolute atomic E-state index is 0.0806. The molecule has 4 aromatic carbocycles.